The summed E-state index contributed by atoms with van der Waals surface area (Å²) >= 11 is 0. The SMILES string of the molecule is CCC(C)CN(C)c1nccc(C)c1C(=O)O. The average Bonchev–Trinajstić information content (AvgIpc) is 2.27. The Morgan fingerprint density at radius 3 is 2.76 bits per heavy atom. The molecule has 0 aliphatic carbocycles. The number of aromatic nitrogens is 1. The number of nitrogens with zero attached hydrogens (tertiary/aromatic N) is 2. The van der Waals surface area contributed by atoms with Crippen molar-refractivity contribution in [1.82, 2.24) is 4.98 Å². The lowest BCUT2D eigenvalue weighted by Crippen LogP contribution is -2.26. The van der Waals surface area contributed by atoms with Crippen molar-refractivity contribution in [2.45, 2.75) is 27.2 Å². The fraction of sp³-hybridized carbons (Fsp3) is 0.538. The van der Waals surface area contributed by atoms with Crippen molar-refractivity contribution >= 4 is 11.8 Å². The van der Waals surface area contributed by atoms with Crippen molar-refractivity contribution in [1.29, 1.82) is 0 Å². The molecule has 0 spiro atoms. The van der Waals surface area contributed by atoms with E-state index in [0.717, 1.165) is 18.5 Å². The maximum atomic E-state index is 11.2. The fourth-order valence-corrected chi connectivity index (χ4v) is 1.78. The smallest absolute Gasteiger partial charge is 0.339 e. The third-order valence-corrected chi connectivity index (χ3v) is 3.00. The van der Waals surface area contributed by atoms with Gasteiger partial charge in [0.05, 0.1) is 0 Å². The van der Waals surface area contributed by atoms with Crippen LogP contribution in [0.3, 0.4) is 0 Å². The number of rotatable bonds is 5. The molecule has 0 amide bonds. The molecule has 0 fully saturated rings. The van der Waals surface area contributed by atoms with Crippen LogP contribution in [0.4, 0.5) is 5.82 Å². The number of anilines is 1. The van der Waals surface area contributed by atoms with Crippen molar-refractivity contribution in [3.8, 4) is 0 Å². The van der Waals surface area contributed by atoms with E-state index < -0.39 is 5.97 Å². The van der Waals surface area contributed by atoms with Crippen LogP contribution < -0.4 is 4.90 Å². The van der Waals surface area contributed by atoms with E-state index in [1.54, 1.807) is 19.2 Å². The van der Waals surface area contributed by atoms with Crippen LogP contribution in [0.15, 0.2) is 12.3 Å². The Bertz CT molecular complexity index is 404. The number of carboxylic acid groups (broad SMARTS) is 1. The number of pyridine rings is 1. The van der Waals surface area contributed by atoms with Crippen molar-refractivity contribution in [2.24, 2.45) is 5.92 Å². The van der Waals surface area contributed by atoms with Gasteiger partial charge in [0, 0.05) is 19.8 Å². The zero-order valence-corrected chi connectivity index (χ0v) is 10.9. The number of carboxylic acids is 1. The van der Waals surface area contributed by atoms with Crippen LogP contribution in [0, 0.1) is 12.8 Å². The molecule has 0 aromatic carbocycles. The third-order valence-electron chi connectivity index (χ3n) is 3.00. The Balaban J connectivity index is 3.04. The first kappa shape index (κ1) is 13.5. The highest BCUT2D eigenvalue weighted by Crippen LogP contribution is 2.21. The second kappa shape index (κ2) is 5.66. The maximum absolute atomic E-state index is 11.2. The lowest BCUT2D eigenvalue weighted by atomic mass is 10.1. The predicted octanol–water partition coefficient (Wildman–Crippen LogP) is 2.57. The second-order valence-corrected chi connectivity index (χ2v) is 4.53. The summed E-state index contributed by atoms with van der Waals surface area (Å²) in [6.45, 7) is 6.88. The molecular formula is C13H20N2O2. The van der Waals surface area contributed by atoms with Crippen LogP contribution >= 0.6 is 0 Å². The molecule has 1 unspecified atom stereocenters. The quantitative estimate of drug-likeness (QED) is 0.853. The molecule has 1 aromatic heterocycles. The zero-order valence-electron chi connectivity index (χ0n) is 10.9. The molecule has 1 heterocycles. The van der Waals surface area contributed by atoms with Gasteiger partial charge in [-0.05, 0) is 24.5 Å². The van der Waals surface area contributed by atoms with Crippen molar-refractivity contribution in [3.05, 3.63) is 23.4 Å². The lowest BCUT2D eigenvalue weighted by molar-refractivity contribution is 0.0696. The van der Waals surface area contributed by atoms with Gasteiger partial charge in [0.1, 0.15) is 11.4 Å². The minimum atomic E-state index is -0.915. The largest absolute Gasteiger partial charge is 0.478 e. The summed E-state index contributed by atoms with van der Waals surface area (Å²) in [5, 5.41) is 9.22. The molecule has 94 valence electrons. The summed E-state index contributed by atoms with van der Waals surface area (Å²) in [4.78, 5) is 17.4. The van der Waals surface area contributed by atoms with E-state index >= 15 is 0 Å². The van der Waals surface area contributed by atoms with Crippen LogP contribution in [-0.4, -0.2) is 29.7 Å². The summed E-state index contributed by atoms with van der Waals surface area (Å²) in [6.07, 6.45) is 2.72. The maximum Gasteiger partial charge on any atom is 0.339 e. The summed E-state index contributed by atoms with van der Waals surface area (Å²) in [5.74, 6) is 0.156. The first-order valence-corrected chi connectivity index (χ1v) is 5.87. The van der Waals surface area contributed by atoms with E-state index in [4.69, 9.17) is 0 Å². The molecule has 0 saturated carbocycles. The molecule has 0 aliphatic heterocycles. The minimum Gasteiger partial charge on any atom is -0.478 e. The van der Waals surface area contributed by atoms with Gasteiger partial charge in [-0.2, -0.15) is 0 Å². The molecule has 17 heavy (non-hydrogen) atoms. The topological polar surface area (TPSA) is 53.4 Å². The molecule has 0 aliphatic rings. The molecule has 1 aromatic rings. The van der Waals surface area contributed by atoms with Crippen LogP contribution in [0.1, 0.15) is 36.2 Å². The predicted molar refractivity (Wildman–Crippen MR) is 68.7 cm³/mol. The third kappa shape index (κ3) is 3.19. The van der Waals surface area contributed by atoms with E-state index in [9.17, 15) is 9.90 Å². The van der Waals surface area contributed by atoms with Gasteiger partial charge in [-0.3, -0.25) is 0 Å². The summed E-state index contributed by atoms with van der Waals surface area (Å²) in [7, 11) is 1.89. The van der Waals surface area contributed by atoms with Gasteiger partial charge in [-0.1, -0.05) is 20.3 Å². The zero-order chi connectivity index (χ0) is 13.0. The summed E-state index contributed by atoms with van der Waals surface area (Å²) in [6, 6.07) is 1.73. The first-order chi connectivity index (χ1) is 7.97. The minimum absolute atomic E-state index is 0.304. The van der Waals surface area contributed by atoms with Gasteiger partial charge in [-0.15, -0.1) is 0 Å². The van der Waals surface area contributed by atoms with E-state index in [1.807, 2.05) is 11.9 Å². The number of hydrogen-bond donors (Lipinski definition) is 1. The highest BCUT2D eigenvalue weighted by Gasteiger charge is 2.18. The standard InChI is InChI=1S/C13H20N2O2/c1-5-9(2)8-15(4)12-11(13(16)17)10(3)6-7-14-12/h6-7,9H,5,8H2,1-4H3,(H,16,17). The van der Waals surface area contributed by atoms with Gasteiger partial charge >= 0.3 is 5.97 Å². The van der Waals surface area contributed by atoms with Gasteiger partial charge in [-0.25, -0.2) is 9.78 Å². The number of aromatic carboxylic acids is 1. The highest BCUT2D eigenvalue weighted by atomic mass is 16.4. The Morgan fingerprint density at radius 1 is 1.59 bits per heavy atom. The van der Waals surface area contributed by atoms with Crippen LogP contribution in [-0.2, 0) is 0 Å². The Kier molecular flexibility index (Phi) is 4.49. The highest BCUT2D eigenvalue weighted by molar-refractivity contribution is 5.94. The molecule has 0 radical (unpaired) electrons. The van der Waals surface area contributed by atoms with Crippen LogP contribution in [0.25, 0.3) is 0 Å². The molecule has 4 heteroatoms. The molecule has 1 atom stereocenters. The summed E-state index contributed by atoms with van der Waals surface area (Å²) < 4.78 is 0. The molecule has 0 bridgehead atoms. The van der Waals surface area contributed by atoms with Gasteiger partial charge in [0.15, 0.2) is 0 Å². The van der Waals surface area contributed by atoms with E-state index in [0.29, 0.717) is 17.3 Å². The van der Waals surface area contributed by atoms with Crippen molar-refractivity contribution in [2.75, 3.05) is 18.5 Å². The Hall–Kier alpha value is -1.58. The molecule has 1 rings (SSSR count). The van der Waals surface area contributed by atoms with Gasteiger partial charge < -0.3 is 10.0 Å². The second-order valence-electron chi connectivity index (χ2n) is 4.53. The van der Waals surface area contributed by atoms with Gasteiger partial charge in [0.25, 0.3) is 0 Å². The normalized spacial score (nSPS) is 12.2. The Labute approximate surface area is 102 Å². The molecule has 1 N–H and O–H groups in total. The average molecular weight is 236 g/mol. The number of aryl methyl sites for hydroxylation is 1. The van der Waals surface area contributed by atoms with Crippen molar-refractivity contribution < 1.29 is 9.90 Å². The fourth-order valence-electron chi connectivity index (χ4n) is 1.78. The van der Waals surface area contributed by atoms with Gasteiger partial charge in [0.2, 0.25) is 0 Å². The number of carbonyl (C=O) groups is 1. The van der Waals surface area contributed by atoms with Crippen LogP contribution in [0.5, 0.6) is 0 Å². The van der Waals surface area contributed by atoms with Crippen LogP contribution in [0.2, 0.25) is 0 Å². The molecular weight excluding hydrogens is 216 g/mol. The number of hydrogen-bond acceptors (Lipinski definition) is 3. The van der Waals surface area contributed by atoms with E-state index in [-0.39, 0.29) is 0 Å². The first-order valence-electron chi connectivity index (χ1n) is 5.87. The monoisotopic (exact) mass is 236 g/mol. The van der Waals surface area contributed by atoms with E-state index in [2.05, 4.69) is 18.8 Å². The van der Waals surface area contributed by atoms with Crippen molar-refractivity contribution in [3.63, 3.8) is 0 Å². The lowest BCUT2D eigenvalue weighted by Gasteiger charge is -2.23. The molecule has 0 saturated heterocycles. The van der Waals surface area contributed by atoms with E-state index in [1.165, 1.54) is 0 Å². The molecule has 4 nitrogen and oxygen atoms in total. The summed E-state index contributed by atoms with van der Waals surface area (Å²) in [5.41, 5.74) is 1.05. The Morgan fingerprint density at radius 2 is 2.24 bits per heavy atom.